The van der Waals surface area contributed by atoms with E-state index < -0.39 is 0 Å². The van der Waals surface area contributed by atoms with Gasteiger partial charge in [-0.25, -0.2) is 9.37 Å². The third-order valence-electron chi connectivity index (χ3n) is 4.26. The van der Waals surface area contributed by atoms with Crippen LogP contribution in [0.15, 0.2) is 63.6 Å². The number of nitrogens with one attached hydrogen (secondary N) is 1. The summed E-state index contributed by atoms with van der Waals surface area (Å²) in [6, 6.07) is 13.9. The average Bonchev–Trinajstić information content (AvgIpc) is 3.15. The monoisotopic (exact) mass is 430 g/mol. The lowest BCUT2D eigenvalue weighted by Gasteiger charge is -2.17. The normalized spacial score (nSPS) is 12.0. The molecule has 0 saturated carbocycles. The molecule has 0 aliphatic heterocycles. The molecule has 27 heavy (non-hydrogen) atoms. The van der Waals surface area contributed by atoms with Gasteiger partial charge in [0.05, 0.1) is 12.2 Å². The summed E-state index contributed by atoms with van der Waals surface area (Å²) in [5.74, 6) is 0.700. The molecule has 3 aromatic rings. The first kappa shape index (κ1) is 19.3. The third kappa shape index (κ3) is 5.26. The van der Waals surface area contributed by atoms with Crippen LogP contribution in [-0.4, -0.2) is 10.9 Å². The number of benzene rings is 2. The average molecular weight is 431 g/mol. The van der Waals surface area contributed by atoms with Crippen molar-refractivity contribution >= 4 is 21.8 Å². The van der Waals surface area contributed by atoms with E-state index >= 15 is 0 Å². The molecule has 1 aromatic heterocycles. The second-order valence-electron chi connectivity index (χ2n) is 6.21. The molecule has 0 bridgehead atoms. The van der Waals surface area contributed by atoms with E-state index in [0.717, 1.165) is 22.0 Å². The summed E-state index contributed by atoms with van der Waals surface area (Å²) in [6.45, 7) is 2.04. The zero-order valence-corrected chi connectivity index (χ0v) is 16.5. The SMILES string of the molecule is CC[C@H](NC(=O)CCc1ncc(-c2ccc(F)cc2)o1)c1ccc(Br)cc1. The number of nitrogens with zero attached hydrogens (tertiary/aromatic N) is 1. The quantitative estimate of drug-likeness (QED) is 0.542. The fraction of sp³-hybridized carbons (Fsp3) is 0.238. The topological polar surface area (TPSA) is 55.1 Å². The van der Waals surface area contributed by atoms with Crippen molar-refractivity contribution < 1.29 is 13.6 Å². The summed E-state index contributed by atoms with van der Waals surface area (Å²) in [5.41, 5.74) is 1.82. The number of oxazole rings is 1. The first-order chi connectivity index (χ1) is 13.0. The van der Waals surface area contributed by atoms with E-state index in [0.29, 0.717) is 18.1 Å². The van der Waals surface area contributed by atoms with Crippen molar-refractivity contribution in [1.29, 1.82) is 0 Å². The number of hydrogen-bond donors (Lipinski definition) is 1. The Morgan fingerprint density at radius 3 is 2.56 bits per heavy atom. The second kappa shape index (κ2) is 8.95. The minimum atomic E-state index is -0.300. The fourth-order valence-electron chi connectivity index (χ4n) is 2.78. The van der Waals surface area contributed by atoms with Gasteiger partial charge in [-0.3, -0.25) is 4.79 Å². The maximum absolute atomic E-state index is 13.0. The van der Waals surface area contributed by atoms with Crippen LogP contribution in [0.1, 0.15) is 37.3 Å². The molecule has 2 aromatic carbocycles. The van der Waals surface area contributed by atoms with Crippen LogP contribution in [0.4, 0.5) is 4.39 Å². The number of aryl methyl sites for hydroxylation is 1. The Labute approximate surface area is 165 Å². The minimum absolute atomic E-state index is 0.0232. The van der Waals surface area contributed by atoms with Crippen molar-refractivity contribution in [2.45, 2.75) is 32.2 Å². The number of carbonyl (C=O) groups is 1. The third-order valence-corrected chi connectivity index (χ3v) is 4.79. The molecule has 1 atom stereocenters. The van der Waals surface area contributed by atoms with Crippen LogP contribution in [0.5, 0.6) is 0 Å². The van der Waals surface area contributed by atoms with Crippen LogP contribution in [0.2, 0.25) is 0 Å². The first-order valence-electron chi connectivity index (χ1n) is 8.80. The maximum Gasteiger partial charge on any atom is 0.220 e. The number of hydrogen-bond acceptors (Lipinski definition) is 3. The molecule has 0 aliphatic carbocycles. The molecule has 0 aliphatic rings. The van der Waals surface area contributed by atoms with Gasteiger partial charge in [-0.05, 0) is 48.4 Å². The predicted molar refractivity (Wildman–Crippen MR) is 106 cm³/mol. The molecule has 0 spiro atoms. The van der Waals surface area contributed by atoms with Crippen LogP contribution >= 0.6 is 15.9 Å². The van der Waals surface area contributed by atoms with E-state index in [2.05, 4.69) is 26.2 Å². The van der Waals surface area contributed by atoms with E-state index in [1.165, 1.54) is 12.1 Å². The van der Waals surface area contributed by atoms with Crippen LogP contribution in [-0.2, 0) is 11.2 Å². The van der Waals surface area contributed by atoms with Gasteiger partial charge < -0.3 is 9.73 Å². The Morgan fingerprint density at radius 1 is 1.19 bits per heavy atom. The predicted octanol–water partition coefficient (Wildman–Crippen LogP) is 5.44. The summed E-state index contributed by atoms with van der Waals surface area (Å²) in [6.07, 6.45) is 3.10. The van der Waals surface area contributed by atoms with Crippen molar-refractivity contribution in [3.63, 3.8) is 0 Å². The molecule has 1 heterocycles. The molecule has 6 heteroatoms. The number of aromatic nitrogens is 1. The fourth-order valence-corrected chi connectivity index (χ4v) is 3.04. The molecule has 140 valence electrons. The van der Waals surface area contributed by atoms with Crippen molar-refractivity contribution in [3.8, 4) is 11.3 Å². The van der Waals surface area contributed by atoms with E-state index in [9.17, 15) is 9.18 Å². The van der Waals surface area contributed by atoms with Crippen molar-refractivity contribution in [2.24, 2.45) is 0 Å². The molecule has 0 unspecified atom stereocenters. The molecule has 4 nitrogen and oxygen atoms in total. The van der Waals surface area contributed by atoms with E-state index in [1.807, 2.05) is 31.2 Å². The molecule has 3 rings (SSSR count). The van der Waals surface area contributed by atoms with Gasteiger partial charge in [0.15, 0.2) is 11.7 Å². The zero-order chi connectivity index (χ0) is 19.2. The lowest BCUT2D eigenvalue weighted by atomic mass is 10.0. The van der Waals surface area contributed by atoms with E-state index in [-0.39, 0.29) is 24.2 Å². The number of halogens is 2. The van der Waals surface area contributed by atoms with Gasteiger partial charge >= 0.3 is 0 Å². The van der Waals surface area contributed by atoms with Gasteiger partial charge in [-0.15, -0.1) is 0 Å². The number of amides is 1. The number of rotatable bonds is 7. The highest BCUT2D eigenvalue weighted by Crippen LogP contribution is 2.22. The molecule has 1 amide bonds. The molecule has 1 N–H and O–H groups in total. The Balaban J connectivity index is 1.55. The van der Waals surface area contributed by atoms with Crippen LogP contribution < -0.4 is 5.32 Å². The molecule has 0 fully saturated rings. The van der Waals surface area contributed by atoms with Crippen molar-refractivity contribution in [2.75, 3.05) is 0 Å². The van der Waals surface area contributed by atoms with Crippen LogP contribution in [0, 0.1) is 5.82 Å². The highest BCUT2D eigenvalue weighted by Gasteiger charge is 2.14. The van der Waals surface area contributed by atoms with Gasteiger partial charge in [0.1, 0.15) is 5.82 Å². The molecule has 0 radical (unpaired) electrons. The van der Waals surface area contributed by atoms with Crippen molar-refractivity contribution in [3.05, 3.63) is 76.5 Å². The zero-order valence-electron chi connectivity index (χ0n) is 14.9. The van der Waals surface area contributed by atoms with Gasteiger partial charge in [0.25, 0.3) is 0 Å². The van der Waals surface area contributed by atoms with E-state index in [1.54, 1.807) is 18.3 Å². The second-order valence-corrected chi connectivity index (χ2v) is 7.12. The standard InChI is InChI=1S/C21H20BrFN2O2/c1-2-18(14-3-7-16(22)8-4-14)25-20(26)11-12-21-24-13-19(27-21)15-5-9-17(23)10-6-15/h3-10,13,18H,2,11-12H2,1H3,(H,25,26)/t18-/m0/s1. The Kier molecular flexibility index (Phi) is 6.40. The highest BCUT2D eigenvalue weighted by atomic mass is 79.9. The van der Waals surface area contributed by atoms with Gasteiger partial charge in [0.2, 0.25) is 5.91 Å². The Bertz CT molecular complexity index is 891. The summed E-state index contributed by atoms with van der Waals surface area (Å²) in [7, 11) is 0. The molecular weight excluding hydrogens is 411 g/mol. The van der Waals surface area contributed by atoms with Gasteiger partial charge in [-0.1, -0.05) is 35.0 Å². The van der Waals surface area contributed by atoms with Crippen LogP contribution in [0.25, 0.3) is 11.3 Å². The van der Waals surface area contributed by atoms with Crippen LogP contribution in [0.3, 0.4) is 0 Å². The Morgan fingerprint density at radius 2 is 1.89 bits per heavy atom. The van der Waals surface area contributed by atoms with Crippen molar-refractivity contribution in [1.82, 2.24) is 10.3 Å². The minimum Gasteiger partial charge on any atom is -0.441 e. The number of carbonyl (C=O) groups excluding carboxylic acids is 1. The highest BCUT2D eigenvalue weighted by molar-refractivity contribution is 9.10. The smallest absolute Gasteiger partial charge is 0.220 e. The summed E-state index contributed by atoms with van der Waals surface area (Å²) in [5, 5.41) is 3.05. The lowest BCUT2D eigenvalue weighted by Crippen LogP contribution is -2.28. The summed E-state index contributed by atoms with van der Waals surface area (Å²) in [4.78, 5) is 16.5. The van der Waals surface area contributed by atoms with E-state index in [4.69, 9.17) is 4.42 Å². The molecule has 0 saturated heterocycles. The first-order valence-corrected chi connectivity index (χ1v) is 9.60. The lowest BCUT2D eigenvalue weighted by molar-refractivity contribution is -0.121. The summed E-state index contributed by atoms with van der Waals surface area (Å²) < 4.78 is 19.7. The Hall–Kier alpha value is -2.47. The largest absolute Gasteiger partial charge is 0.441 e. The molecular formula is C21H20BrFN2O2. The summed E-state index contributed by atoms with van der Waals surface area (Å²) >= 11 is 3.42. The maximum atomic E-state index is 13.0. The van der Waals surface area contributed by atoms with Gasteiger partial charge in [-0.2, -0.15) is 0 Å². The van der Waals surface area contributed by atoms with Gasteiger partial charge in [0, 0.05) is 22.9 Å².